The minimum atomic E-state index is 0.387. The van der Waals surface area contributed by atoms with Gasteiger partial charge in [0.15, 0.2) is 5.76 Å². The van der Waals surface area contributed by atoms with E-state index in [0.717, 1.165) is 27.1 Å². The molecule has 0 atom stereocenters. The summed E-state index contributed by atoms with van der Waals surface area (Å²) in [4.78, 5) is 3.51. The molecule has 0 unspecified atom stereocenters. The molecule has 3 aromatic rings. The zero-order chi connectivity index (χ0) is 14.1. The van der Waals surface area contributed by atoms with Crippen LogP contribution in [0, 0.1) is 11.8 Å². The van der Waals surface area contributed by atoms with Crippen LogP contribution in [0.5, 0.6) is 0 Å². The van der Waals surface area contributed by atoms with Crippen LogP contribution in [-0.2, 0) is 0 Å². The van der Waals surface area contributed by atoms with Crippen LogP contribution in [0.1, 0.15) is 5.56 Å². The molecule has 20 heavy (non-hydrogen) atoms. The number of aryl methyl sites for hydroxylation is 1. The highest BCUT2D eigenvalue weighted by molar-refractivity contribution is 9.10. The second-order valence-corrected chi connectivity index (χ2v) is 5.88. The summed E-state index contributed by atoms with van der Waals surface area (Å²) in [5.74, 6) is 0.775. The van der Waals surface area contributed by atoms with E-state index in [4.69, 9.17) is 16.6 Å². The molecular weight excluding hydrogens is 334 g/mol. The number of halogens is 1. The monoisotopic (exact) mass is 345 g/mol. The van der Waals surface area contributed by atoms with Gasteiger partial charge in [0.05, 0.1) is 5.69 Å². The maximum atomic E-state index is 5.67. The number of rotatable bonds is 2. The Morgan fingerprint density at radius 3 is 2.20 bits per heavy atom. The first-order chi connectivity index (χ1) is 9.63. The van der Waals surface area contributed by atoms with Crippen molar-refractivity contribution in [2.75, 3.05) is 0 Å². The molecule has 100 valence electrons. The van der Waals surface area contributed by atoms with Gasteiger partial charge in [0.25, 0.3) is 4.84 Å². The van der Waals surface area contributed by atoms with Crippen molar-refractivity contribution in [2.45, 2.75) is 6.92 Å². The predicted octanol–water partition coefficient (Wildman–Crippen LogP) is 5.74. The van der Waals surface area contributed by atoms with Gasteiger partial charge in [-0.05, 0) is 31.3 Å². The van der Waals surface area contributed by atoms with Gasteiger partial charge in [-0.2, -0.15) is 0 Å². The van der Waals surface area contributed by atoms with E-state index in [9.17, 15) is 0 Å². The summed E-state index contributed by atoms with van der Waals surface area (Å²) in [6, 6.07) is 16.3. The summed E-state index contributed by atoms with van der Waals surface area (Å²) in [5, 5.41) is 0. The molecule has 0 bridgehead atoms. The van der Waals surface area contributed by atoms with Crippen LogP contribution < -0.4 is 0 Å². The van der Waals surface area contributed by atoms with Gasteiger partial charge < -0.3 is 9.40 Å². The van der Waals surface area contributed by atoms with Gasteiger partial charge in [0.2, 0.25) is 0 Å². The number of aromatic nitrogens is 1. The number of benzene rings is 2. The van der Waals surface area contributed by atoms with Crippen molar-refractivity contribution in [3.63, 3.8) is 0 Å². The van der Waals surface area contributed by atoms with Crippen molar-refractivity contribution < 1.29 is 4.42 Å². The topological polar surface area (TPSA) is 28.9 Å². The van der Waals surface area contributed by atoms with Gasteiger partial charge >= 0.3 is 0 Å². The van der Waals surface area contributed by atoms with E-state index in [1.54, 1.807) is 0 Å². The summed E-state index contributed by atoms with van der Waals surface area (Å²) in [5.41, 5.74) is 4.18. The highest BCUT2D eigenvalue weighted by atomic mass is 79.9. The van der Waals surface area contributed by atoms with E-state index in [0.29, 0.717) is 4.84 Å². The van der Waals surface area contributed by atoms with Crippen molar-refractivity contribution in [3.05, 3.63) is 63.4 Å². The van der Waals surface area contributed by atoms with Crippen LogP contribution in [0.4, 0.5) is 0 Å². The highest BCUT2D eigenvalue weighted by Gasteiger charge is 2.12. The third kappa shape index (κ3) is 2.62. The van der Waals surface area contributed by atoms with Crippen molar-refractivity contribution in [3.8, 4) is 22.6 Å². The molecule has 3 rings (SSSR count). The summed E-state index contributed by atoms with van der Waals surface area (Å²) >= 11 is 8.58. The molecule has 0 radical (unpaired) electrons. The number of aromatic amines is 1. The van der Waals surface area contributed by atoms with E-state index in [1.165, 1.54) is 5.56 Å². The normalized spacial score (nSPS) is 10.7. The molecule has 4 heteroatoms. The number of H-pyrrole nitrogens is 1. The minimum absolute atomic E-state index is 0.387. The average molecular weight is 346 g/mol. The number of oxazole rings is 1. The van der Waals surface area contributed by atoms with E-state index in [-0.39, 0.29) is 0 Å². The average Bonchev–Trinajstić information content (AvgIpc) is 2.82. The summed E-state index contributed by atoms with van der Waals surface area (Å²) in [6.45, 7) is 2.06. The Bertz CT molecular complexity index is 719. The molecule has 0 amide bonds. The first-order valence-corrected chi connectivity index (χ1v) is 7.40. The molecule has 0 saturated heterocycles. The van der Waals surface area contributed by atoms with Crippen molar-refractivity contribution in [2.24, 2.45) is 0 Å². The summed E-state index contributed by atoms with van der Waals surface area (Å²) in [6.07, 6.45) is 0. The summed E-state index contributed by atoms with van der Waals surface area (Å²) in [7, 11) is 0. The molecule has 0 aliphatic carbocycles. The molecule has 0 aliphatic rings. The fourth-order valence-electron chi connectivity index (χ4n) is 2.06. The van der Waals surface area contributed by atoms with Crippen LogP contribution in [-0.4, -0.2) is 4.98 Å². The lowest BCUT2D eigenvalue weighted by molar-refractivity contribution is 0.554. The minimum Gasteiger partial charge on any atom is -0.429 e. The maximum Gasteiger partial charge on any atom is 0.266 e. The maximum absolute atomic E-state index is 5.67. The van der Waals surface area contributed by atoms with E-state index >= 15 is 0 Å². The van der Waals surface area contributed by atoms with Gasteiger partial charge in [0.1, 0.15) is 0 Å². The van der Waals surface area contributed by atoms with Crippen molar-refractivity contribution in [1.29, 1.82) is 0 Å². The van der Waals surface area contributed by atoms with E-state index in [1.807, 2.05) is 36.4 Å². The van der Waals surface area contributed by atoms with Crippen LogP contribution in [0.15, 0.2) is 57.4 Å². The van der Waals surface area contributed by atoms with E-state index < -0.39 is 0 Å². The quantitative estimate of drug-likeness (QED) is 0.599. The van der Waals surface area contributed by atoms with Gasteiger partial charge in [0, 0.05) is 15.6 Å². The fraction of sp³-hybridized carbons (Fsp3) is 0.0625. The standard InChI is InChI=1S/C16H12BrNOS/c1-10-2-4-12(5-3-10)15-14(18-16(20)19-15)11-6-8-13(17)9-7-11/h2-9H,1H3,(H,18,20). The predicted molar refractivity (Wildman–Crippen MR) is 87.2 cm³/mol. The molecule has 1 heterocycles. The second kappa shape index (κ2) is 5.38. The van der Waals surface area contributed by atoms with Crippen LogP contribution in [0.25, 0.3) is 22.6 Å². The van der Waals surface area contributed by atoms with Gasteiger partial charge in [-0.1, -0.05) is 57.9 Å². The summed E-state index contributed by atoms with van der Waals surface area (Å²) < 4.78 is 6.71. The Hall–Kier alpha value is -1.65. The number of hydrogen-bond donors (Lipinski definition) is 1. The molecule has 0 spiro atoms. The first kappa shape index (κ1) is 13.3. The number of nitrogens with one attached hydrogen (secondary N) is 1. The Kier molecular flexibility index (Phi) is 3.59. The second-order valence-electron chi connectivity index (χ2n) is 4.59. The molecular formula is C16H12BrNOS. The SMILES string of the molecule is Cc1ccc(-c2oc(=S)[nH]c2-c2ccc(Br)cc2)cc1. The highest BCUT2D eigenvalue weighted by Crippen LogP contribution is 2.32. The van der Waals surface area contributed by atoms with Crippen LogP contribution in [0.3, 0.4) is 0 Å². The van der Waals surface area contributed by atoms with Gasteiger partial charge in [-0.3, -0.25) is 0 Å². The molecule has 1 aromatic heterocycles. The Morgan fingerprint density at radius 2 is 1.55 bits per heavy atom. The fourth-order valence-corrected chi connectivity index (χ4v) is 2.51. The third-order valence-corrected chi connectivity index (χ3v) is 3.81. The van der Waals surface area contributed by atoms with Gasteiger partial charge in [-0.15, -0.1) is 0 Å². The van der Waals surface area contributed by atoms with Crippen LogP contribution in [0.2, 0.25) is 0 Å². The largest absolute Gasteiger partial charge is 0.429 e. The molecule has 0 fully saturated rings. The van der Waals surface area contributed by atoms with Crippen molar-refractivity contribution >= 4 is 28.1 Å². The molecule has 1 N–H and O–H groups in total. The lowest BCUT2D eigenvalue weighted by atomic mass is 10.0. The Morgan fingerprint density at radius 1 is 0.950 bits per heavy atom. The zero-order valence-electron chi connectivity index (χ0n) is 10.8. The Labute approximate surface area is 130 Å². The first-order valence-electron chi connectivity index (χ1n) is 6.19. The molecule has 2 aromatic carbocycles. The smallest absolute Gasteiger partial charge is 0.266 e. The van der Waals surface area contributed by atoms with Crippen LogP contribution >= 0.6 is 28.1 Å². The lowest BCUT2D eigenvalue weighted by Crippen LogP contribution is -1.83. The van der Waals surface area contributed by atoms with Crippen molar-refractivity contribution in [1.82, 2.24) is 4.98 Å². The molecule has 0 saturated carbocycles. The molecule has 2 nitrogen and oxygen atoms in total. The van der Waals surface area contributed by atoms with E-state index in [2.05, 4.69) is 40.0 Å². The Balaban J connectivity index is 2.15. The number of hydrogen-bond acceptors (Lipinski definition) is 2. The zero-order valence-corrected chi connectivity index (χ0v) is 13.2. The van der Waals surface area contributed by atoms with Gasteiger partial charge in [-0.25, -0.2) is 0 Å². The molecule has 0 aliphatic heterocycles. The lowest BCUT2D eigenvalue weighted by Gasteiger charge is -2.03. The third-order valence-electron chi connectivity index (χ3n) is 3.10.